The average Bonchev–Trinajstić information content (AvgIpc) is 2.78. The van der Waals surface area contributed by atoms with Gasteiger partial charge >= 0.3 is 0 Å². The van der Waals surface area contributed by atoms with Crippen LogP contribution in [-0.2, 0) is 14.3 Å². The first kappa shape index (κ1) is 25.9. The number of nitrogens with zero attached hydrogens (tertiary/aromatic N) is 2. The third kappa shape index (κ3) is 7.32. The van der Waals surface area contributed by atoms with E-state index < -0.39 is 0 Å². The number of amides is 1. The minimum atomic E-state index is -0.256. The molecule has 1 amide bonds. The maximum Gasteiger partial charge on any atom is 0.232 e. The van der Waals surface area contributed by atoms with Crippen LogP contribution in [0.1, 0.15) is 37.2 Å². The van der Waals surface area contributed by atoms with Gasteiger partial charge < -0.3 is 25.0 Å². The van der Waals surface area contributed by atoms with E-state index in [-0.39, 0.29) is 35.8 Å². The number of carbonyl (C=O) groups excluding carboxylic acids is 1. The van der Waals surface area contributed by atoms with Crippen molar-refractivity contribution in [3.8, 4) is 0 Å². The van der Waals surface area contributed by atoms with Gasteiger partial charge in [-0.2, -0.15) is 0 Å². The molecule has 1 aromatic carbocycles. The highest BCUT2D eigenvalue weighted by molar-refractivity contribution is 14.0. The van der Waals surface area contributed by atoms with Gasteiger partial charge in [-0.05, 0) is 30.2 Å². The maximum atomic E-state index is 13.2. The van der Waals surface area contributed by atoms with E-state index >= 15 is 0 Å². The standard InChI is InChI=1S/C23H36N4O3.HI/c1-24-22(26-18-23(9-6-10-23)11-14-29-2)25-17-20(19-7-4-3-5-8-19)21(28)27-12-15-30-16-13-27;/h3-5,7-8,20H,6,9-18H2,1-2H3,(H2,24,25,26);1H. The molecule has 1 saturated heterocycles. The molecule has 1 unspecified atom stereocenters. The van der Waals surface area contributed by atoms with Gasteiger partial charge in [0.25, 0.3) is 0 Å². The first-order chi connectivity index (χ1) is 14.7. The smallest absolute Gasteiger partial charge is 0.232 e. The second-order valence-corrected chi connectivity index (χ2v) is 8.30. The van der Waals surface area contributed by atoms with Crippen molar-refractivity contribution in [1.29, 1.82) is 0 Å². The van der Waals surface area contributed by atoms with E-state index in [9.17, 15) is 4.79 Å². The Bertz CT molecular complexity index is 691. The topological polar surface area (TPSA) is 75.2 Å². The summed E-state index contributed by atoms with van der Waals surface area (Å²) in [5, 5.41) is 6.88. The molecule has 1 aliphatic heterocycles. The van der Waals surface area contributed by atoms with Crippen molar-refractivity contribution in [3.63, 3.8) is 0 Å². The van der Waals surface area contributed by atoms with Gasteiger partial charge in [0.2, 0.25) is 5.91 Å². The van der Waals surface area contributed by atoms with Gasteiger partial charge in [0, 0.05) is 46.9 Å². The van der Waals surface area contributed by atoms with Gasteiger partial charge in [0.15, 0.2) is 5.96 Å². The number of halogens is 1. The number of hydrogen-bond donors (Lipinski definition) is 2. The number of nitrogens with one attached hydrogen (secondary N) is 2. The molecule has 3 rings (SSSR count). The third-order valence-corrected chi connectivity index (χ3v) is 6.40. The Morgan fingerprint density at radius 2 is 1.94 bits per heavy atom. The Morgan fingerprint density at radius 3 is 2.52 bits per heavy atom. The van der Waals surface area contributed by atoms with Crippen LogP contribution >= 0.6 is 24.0 Å². The fourth-order valence-electron chi connectivity index (χ4n) is 4.24. The molecular formula is C23H37IN4O3. The molecule has 2 N–H and O–H groups in total. The molecule has 0 aromatic heterocycles. The van der Waals surface area contributed by atoms with Gasteiger partial charge in [-0.3, -0.25) is 9.79 Å². The van der Waals surface area contributed by atoms with Crippen molar-refractivity contribution in [2.24, 2.45) is 10.4 Å². The van der Waals surface area contributed by atoms with E-state index in [1.54, 1.807) is 14.2 Å². The summed E-state index contributed by atoms with van der Waals surface area (Å²) in [5.41, 5.74) is 1.32. The van der Waals surface area contributed by atoms with Crippen molar-refractivity contribution in [3.05, 3.63) is 35.9 Å². The van der Waals surface area contributed by atoms with E-state index in [0.29, 0.717) is 38.3 Å². The van der Waals surface area contributed by atoms with Crippen LogP contribution < -0.4 is 10.6 Å². The molecule has 31 heavy (non-hydrogen) atoms. The summed E-state index contributed by atoms with van der Waals surface area (Å²) in [6.07, 6.45) is 4.79. The molecule has 2 fully saturated rings. The minimum absolute atomic E-state index is 0. The summed E-state index contributed by atoms with van der Waals surface area (Å²) in [6.45, 7) is 4.68. The monoisotopic (exact) mass is 544 g/mol. The second kappa shape index (κ2) is 13.2. The van der Waals surface area contributed by atoms with E-state index in [2.05, 4.69) is 15.6 Å². The SMILES string of the molecule is CN=C(NCC(C(=O)N1CCOCC1)c1ccccc1)NCC1(CCOC)CCC1.I. The molecule has 7 nitrogen and oxygen atoms in total. The fourth-order valence-corrected chi connectivity index (χ4v) is 4.24. The Kier molecular flexibility index (Phi) is 11.0. The van der Waals surface area contributed by atoms with Gasteiger partial charge in [-0.15, -0.1) is 24.0 Å². The lowest BCUT2D eigenvalue weighted by Crippen LogP contribution is -2.49. The molecule has 2 aliphatic rings. The highest BCUT2D eigenvalue weighted by atomic mass is 127. The molecular weight excluding hydrogens is 507 g/mol. The number of benzene rings is 1. The Hall–Kier alpha value is -1.39. The number of carbonyl (C=O) groups is 1. The number of morpholine rings is 1. The van der Waals surface area contributed by atoms with Crippen LogP contribution in [0.15, 0.2) is 35.3 Å². The number of rotatable bonds is 9. The number of methoxy groups -OCH3 is 1. The van der Waals surface area contributed by atoms with Crippen molar-refractivity contribution in [2.45, 2.75) is 31.6 Å². The Morgan fingerprint density at radius 1 is 1.23 bits per heavy atom. The van der Waals surface area contributed by atoms with Crippen LogP contribution in [0.25, 0.3) is 0 Å². The molecule has 0 spiro atoms. The number of hydrogen-bond acceptors (Lipinski definition) is 4. The van der Waals surface area contributed by atoms with Crippen LogP contribution in [0, 0.1) is 5.41 Å². The summed E-state index contributed by atoms with van der Waals surface area (Å²) >= 11 is 0. The highest BCUT2D eigenvalue weighted by Gasteiger charge is 2.36. The average molecular weight is 544 g/mol. The third-order valence-electron chi connectivity index (χ3n) is 6.40. The van der Waals surface area contributed by atoms with Crippen molar-refractivity contribution < 1.29 is 14.3 Å². The van der Waals surface area contributed by atoms with Gasteiger partial charge in [0.05, 0.1) is 19.1 Å². The Balaban J connectivity index is 0.00000341. The fraction of sp³-hybridized carbons (Fsp3) is 0.652. The lowest BCUT2D eigenvalue weighted by atomic mass is 9.67. The lowest BCUT2D eigenvalue weighted by Gasteiger charge is -2.42. The van der Waals surface area contributed by atoms with E-state index in [1.807, 2.05) is 35.2 Å². The predicted octanol–water partition coefficient (Wildman–Crippen LogP) is 2.62. The van der Waals surface area contributed by atoms with Crippen LogP contribution in [-0.4, -0.2) is 76.9 Å². The minimum Gasteiger partial charge on any atom is -0.385 e. The zero-order valence-electron chi connectivity index (χ0n) is 18.8. The molecule has 0 radical (unpaired) electrons. The molecule has 8 heteroatoms. The van der Waals surface area contributed by atoms with Crippen molar-refractivity contribution >= 4 is 35.8 Å². The predicted molar refractivity (Wildman–Crippen MR) is 134 cm³/mol. The Labute approximate surface area is 203 Å². The quantitative estimate of drug-likeness (QED) is 0.284. The summed E-state index contributed by atoms with van der Waals surface area (Å²) < 4.78 is 10.7. The first-order valence-corrected chi connectivity index (χ1v) is 11.0. The number of ether oxygens (including phenoxy) is 2. The van der Waals surface area contributed by atoms with Gasteiger partial charge in [-0.25, -0.2) is 0 Å². The summed E-state index contributed by atoms with van der Waals surface area (Å²) in [4.78, 5) is 19.5. The maximum absolute atomic E-state index is 13.2. The number of guanidine groups is 1. The summed E-state index contributed by atoms with van der Waals surface area (Å²) in [6, 6.07) is 9.99. The van der Waals surface area contributed by atoms with Gasteiger partial charge in [-0.1, -0.05) is 36.8 Å². The molecule has 1 aromatic rings. The van der Waals surface area contributed by atoms with E-state index in [0.717, 1.165) is 31.1 Å². The molecule has 1 heterocycles. The molecule has 0 bridgehead atoms. The van der Waals surface area contributed by atoms with Crippen LogP contribution in [0.2, 0.25) is 0 Å². The molecule has 174 valence electrons. The molecule has 1 aliphatic carbocycles. The van der Waals surface area contributed by atoms with Crippen LogP contribution in [0.4, 0.5) is 0 Å². The normalized spacial score (nSPS) is 19.0. The zero-order chi connectivity index (χ0) is 21.2. The van der Waals surface area contributed by atoms with Crippen molar-refractivity contribution in [1.82, 2.24) is 15.5 Å². The van der Waals surface area contributed by atoms with Crippen LogP contribution in [0.3, 0.4) is 0 Å². The lowest BCUT2D eigenvalue weighted by molar-refractivity contribution is -0.136. The van der Waals surface area contributed by atoms with Crippen molar-refractivity contribution in [2.75, 3.05) is 60.2 Å². The van der Waals surface area contributed by atoms with E-state index in [1.165, 1.54) is 19.3 Å². The largest absolute Gasteiger partial charge is 0.385 e. The first-order valence-electron chi connectivity index (χ1n) is 11.0. The molecule has 1 atom stereocenters. The second-order valence-electron chi connectivity index (χ2n) is 8.30. The molecule has 1 saturated carbocycles. The van der Waals surface area contributed by atoms with Gasteiger partial charge in [0.1, 0.15) is 0 Å². The van der Waals surface area contributed by atoms with E-state index in [4.69, 9.17) is 9.47 Å². The highest BCUT2D eigenvalue weighted by Crippen LogP contribution is 2.43. The zero-order valence-corrected chi connectivity index (χ0v) is 21.1. The summed E-state index contributed by atoms with van der Waals surface area (Å²) in [7, 11) is 3.54. The van der Waals surface area contributed by atoms with Crippen LogP contribution in [0.5, 0.6) is 0 Å². The number of aliphatic imine (C=N–C) groups is 1. The summed E-state index contributed by atoms with van der Waals surface area (Å²) in [5.74, 6) is 0.631.